The minimum absolute atomic E-state index is 0. The van der Waals surface area contributed by atoms with Crippen molar-refractivity contribution < 1.29 is 13.9 Å². The quantitative estimate of drug-likeness (QED) is 0.858. The van der Waals surface area contributed by atoms with E-state index in [0.717, 1.165) is 37.9 Å². The average Bonchev–Trinajstić information content (AvgIpc) is 3.00. The lowest BCUT2D eigenvalue weighted by Gasteiger charge is -2.39. The van der Waals surface area contributed by atoms with Crippen molar-refractivity contribution in [3.8, 4) is 5.75 Å². The summed E-state index contributed by atoms with van der Waals surface area (Å²) >= 11 is 0. The Hall–Kier alpha value is -1.33. The second-order valence-corrected chi connectivity index (χ2v) is 7.08. The van der Waals surface area contributed by atoms with Gasteiger partial charge in [0.2, 0.25) is 5.91 Å². The van der Waals surface area contributed by atoms with E-state index in [-0.39, 0.29) is 35.6 Å². The summed E-state index contributed by atoms with van der Waals surface area (Å²) in [5, 5.41) is 6.61. The van der Waals surface area contributed by atoms with E-state index in [4.69, 9.17) is 4.74 Å². The molecule has 24 heavy (non-hydrogen) atoms. The highest BCUT2D eigenvalue weighted by Crippen LogP contribution is 2.44. The van der Waals surface area contributed by atoms with Crippen molar-refractivity contribution in [3.05, 3.63) is 29.6 Å². The molecule has 2 aliphatic heterocycles. The first-order valence-electron chi connectivity index (χ1n) is 8.63. The van der Waals surface area contributed by atoms with Crippen LogP contribution in [0.3, 0.4) is 0 Å². The lowest BCUT2D eigenvalue weighted by molar-refractivity contribution is -0.135. The second-order valence-electron chi connectivity index (χ2n) is 7.08. The van der Waals surface area contributed by atoms with E-state index in [9.17, 15) is 9.18 Å². The van der Waals surface area contributed by atoms with Crippen LogP contribution < -0.4 is 15.4 Å². The molecule has 3 atom stereocenters. The van der Waals surface area contributed by atoms with E-state index < -0.39 is 0 Å². The maximum Gasteiger partial charge on any atom is 0.228 e. The Morgan fingerprint density at radius 2 is 2.21 bits per heavy atom. The smallest absolute Gasteiger partial charge is 0.228 e. The van der Waals surface area contributed by atoms with Crippen LogP contribution in [-0.4, -0.2) is 25.6 Å². The molecule has 4 rings (SSSR count). The van der Waals surface area contributed by atoms with Crippen molar-refractivity contribution >= 4 is 18.3 Å². The lowest BCUT2D eigenvalue weighted by Crippen LogP contribution is -2.49. The molecule has 132 valence electrons. The first kappa shape index (κ1) is 17.5. The zero-order valence-corrected chi connectivity index (χ0v) is 14.5. The summed E-state index contributed by atoms with van der Waals surface area (Å²) in [5.74, 6) is 0.965. The maximum absolute atomic E-state index is 13.6. The molecular weight excluding hydrogens is 331 g/mol. The van der Waals surface area contributed by atoms with Gasteiger partial charge in [-0.2, -0.15) is 0 Å². The molecule has 1 amide bonds. The number of rotatable bonds is 2. The maximum atomic E-state index is 13.6. The number of benzene rings is 1. The zero-order chi connectivity index (χ0) is 15.9. The number of carbonyl (C=O) groups excluding carboxylic acids is 1. The predicted octanol–water partition coefficient (Wildman–Crippen LogP) is 2.97. The van der Waals surface area contributed by atoms with Crippen LogP contribution in [-0.2, 0) is 4.79 Å². The van der Waals surface area contributed by atoms with Crippen LogP contribution in [0.15, 0.2) is 18.2 Å². The number of carbonyl (C=O) groups is 1. The summed E-state index contributed by atoms with van der Waals surface area (Å²) in [5.41, 5.74) is 0.489. The Bertz CT molecular complexity index is 627. The number of ether oxygens (including phenoxy) is 1. The van der Waals surface area contributed by atoms with Gasteiger partial charge in [0.25, 0.3) is 0 Å². The largest absolute Gasteiger partial charge is 0.493 e. The Kier molecular flexibility index (Phi) is 5.02. The highest BCUT2D eigenvalue weighted by molar-refractivity contribution is 5.85. The van der Waals surface area contributed by atoms with Gasteiger partial charge < -0.3 is 15.4 Å². The molecule has 3 aliphatic rings. The van der Waals surface area contributed by atoms with E-state index in [1.807, 2.05) is 0 Å². The van der Waals surface area contributed by atoms with Crippen LogP contribution in [0.4, 0.5) is 4.39 Å². The first-order valence-corrected chi connectivity index (χ1v) is 8.63. The molecule has 2 heterocycles. The van der Waals surface area contributed by atoms with Gasteiger partial charge in [-0.05, 0) is 43.5 Å². The van der Waals surface area contributed by atoms with Crippen molar-refractivity contribution in [1.29, 1.82) is 0 Å². The molecule has 2 N–H and O–H groups in total. The summed E-state index contributed by atoms with van der Waals surface area (Å²) in [6, 6.07) is 4.39. The molecule has 6 heteroatoms. The molecule has 1 aromatic carbocycles. The third-order valence-corrected chi connectivity index (χ3v) is 5.81. The molecule has 0 spiro atoms. The fraction of sp³-hybridized carbons (Fsp3) is 0.611. The van der Waals surface area contributed by atoms with E-state index in [2.05, 4.69) is 10.6 Å². The van der Waals surface area contributed by atoms with E-state index in [0.29, 0.717) is 24.7 Å². The van der Waals surface area contributed by atoms with Gasteiger partial charge in [0.05, 0.1) is 18.1 Å². The van der Waals surface area contributed by atoms with Crippen molar-refractivity contribution in [2.24, 2.45) is 11.3 Å². The van der Waals surface area contributed by atoms with Crippen molar-refractivity contribution in [2.75, 3.05) is 19.7 Å². The molecule has 0 radical (unpaired) electrons. The standard InChI is InChI=1S/C18H23FN2O2.ClH/c19-13-4-5-16-14(9-13)15(6-8-23-16)21-17(22)18-7-2-1-3-12(18)10-20-11-18;/h4-5,9,12,15,20H,1-3,6-8,10-11H2,(H,21,22);1H/t12-,15?,18+;/m0./s1. The van der Waals surface area contributed by atoms with E-state index in [1.165, 1.54) is 18.6 Å². The number of fused-ring (bicyclic) bond motifs is 2. The Morgan fingerprint density at radius 3 is 3.08 bits per heavy atom. The van der Waals surface area contributed by atoms with Gasteiger partial charge in [-0.3, -0.25) is 4.79 Å². The summed E-state index contributed by atoms with van der Waals surface area (Å²) in [7, 11) is 0. The van der Waals surface area contributed by atoms with Crippen LogP contribution >= 0.6 is 12.4 Å². The molecule has 1 saturated carbocycles. The molecule has 4 nitrogen and oxygen atoms in total. The third kappa shape index (κ3) is 2.88. The highest BCUT2D eigenvalue weighted by Gasteiger charge is 2.50. The summed E-state index contributed by atoms with van der Waals surface area (Å²) in [4.78, 5) is 13.1. The molecule has 1 aliphatic carbocycles. The zero-order valence-electron chi connectivity index (χ0n) is 13.6. The first-order chi connectivity index (χ1) is 11.2. The summed E-state index contributed by atoms with van der Waals surface area (Å²) < 4.78 is 19.2. The third-order valence-electron chi connectivity index (χ3n) is 5.81. The molecule has 0 bridgehead atoms. The topological polar surface area (TPSA) is 50.4 Å². The van der Waals surface area contributed by atoms with Crippen molar-refractivity contribution in [1.82, 2.24) is 10.6 Å². The van der Waals surface area contributed by atoms with Gasteiger partial charge in [-0.1, -0.05) is 12.8 Å². The number of hydrogen-bond donors (Lipinski definition) is 2. The Labute approximate surface area is 147 Å². The van der Waals surface area contributed by atoms with Gasteiger partial charge in [-0.25, -0.2) is 4.39 Å². The molecule has 1 aromatic rings. The van der Waals surface area contributed by atoms with Gasteiger partial charge in [0.15, 0.2) is 0 Å². The normalized spacial score (nSPS) is 31.2. The Balaban J connectivity index is 0.00000169. The van der Waals surface area contributed by atoms with Crippen LogP contribution in [0.1, 0.15) is 43.7 Å². The minimum atomic E-state index is -0.287. The number of hydrogen-bond acceptors (Lipinski definition) is 3. The van der Waals surface area contributed by atoms with Gasteiger partial charge in [0.1, 0.15) is 11.6 Å². The molecule has 1 saturated heterocycles. The van der Waals surface area contributed by atoms with Crippen LogP contribution in [0.2, 0.25) is 0 Å². The second kappa shape index (κ2) is 6.89. The van der Waals surface area contributed by atoms with Gasteiger partial charge in [-0.15, -0.1) is 12.4 Å². The van der Waals surface area contributed by atoms with Gasteiger partial charge >= 0.3 is 0 Å². The lowest BCUT2D eigenvalue weighted by atomic mass is 9.67. The monoisotopic (exact) mass is 354 g/mol. The Morgan fingerprint density at radius 1 is 1.33 bits per heavy atom. The highest BCUT2D eigenvalue weighted by atomic mass is 35.5. The molecule has 1 unspecified atom stereocenters. The average molecular weight is 355 g/mol. The molecule has 0 aromatic heterocycles. The molecule has 2 fully saturated rings. The van der Waals surface area contributed by atoms with Crippen LogP contribution in [0.5, 0.6) is 5.75 Å². The van der Waals surface area contributed by atoms with Crippen molar-refractivity contribution in [3.63, 3.8) is 0 Å². The number of amides is 1. The van der Waals surface area contributed by atoms with E-state index >= 15 is 0 Å². The minimum Gasteiger partial charge on any atom is -0.493 e. The number of nitrogens with one attached hydrogen (secondary N) is 2. The fourth-order valence-corrected chi connectivity index (χ4v) is 4.51. The van der Waals surface area contributed by atoms with Gasteiger partial charge in [0, 0.05) is 18.5 Å². The van der Waals surface area contributed by atoms with E-state index in [1.54, 1.807) is 6.07 Å². The van der Waals surface area contributed by atoms with Crippen LogP contribution in [0.25, 0.3) is 0 Å². The summed E-state index contributed by atoms with van der Waals surface area (Å²) in [6.45, 7) is 2.26. The molecular formula is C18H24ClFN2O2. The SMILES string of the molecule is Cl.O=C(NC1CCOc2ccc(F)cc21)[C@@]12CCCC[C@H]1CNC2. The van der Waals surface area contributed by atoms with Crippen molar-refractivity contribution in [2.45, 2.75) is 38.1 Å². The van der Waals surface area contributed by atoms with Crippen LogP contribution in [0, 0.1) is 17.2 Å². The fourth-order valence-electron chi connectivity index (χ4n) is 4.51. The summed E-state index contributed by atoms with van der Waals surface area (Å²) in [6.07, 6.45) is 5.10. The number of halogens is 2. The predicted molar refractivity (Wildman–Crippen MR) is 91.9 cm³/mol.